The minimum Gasteiger partial charge on any atom is -0.457 e. The molecule has 98 valence electrons. The monoisotopic (exact) mass is 256 g/mol. The third kappa shape index (κ3) is 3.25. The number of nitrogens with one attached hydrogen (secondary N) is 1. The minimum absolute atomic E-state index is 0.167. The summed E-state index contributed by atoms with van der Waals surface area (Å²) in [6, 6.07) is 12.9. The highest BCUT2D eigenvalue weighted by atomic mass is 16.5. The van der Waals surface area contributed by atoms with Crippen molar-refractivity contribution in [3.8, 4) is 11.5 Å². The van der Waals surface area contributed by atoms with Crippen LogP contribution in [-0.2, 0) is 4.79 Å². The van der Waals surface area contributed by atoms with E-state index in [4.69, 9.17) is 10.5 Å². The SMILES string of the molecule is CC(=O)Nc1cc(Oc2ccccc2C)ccc1N. The Morgan fingerprint density at radius 1 is 1.21 bits per heavy atom. The first kappa shape index (κ1) is 13.0. The van der Waals surface area contributed by atoms with Crippen LogP contribution in [0, 0.1) is 6.92 Å². The molecular weight excluding hydrogens is 240 g/mol. The van der Waals surface area contributed by atoms with Gasteiger partial charge in [0.15, 0.2) is 0 Å². The second kappa shape index (κ2) is 5.44. The number of benzene rings is 2. The predicted octanol–water partition coefficient (Wildman–Crippen LogP) is 3.33. The molecule has 0 aliphatic rings. The van der Waals surface area contributed by atoms with Crippen LogP contribution in [0.25, 0.3) is 0 Å². The van der Waals surface area contributed by atoms with Crippen LogP contribution in [0.1, 0.15) is 12.5 Å². The lowest BCUT2D eigenvalue weighted by Crippen LogP contribution is -2.08. The lowest BCUT2D eigenvalue weighted by atomic mass is 10.2. The average molecular weight is 256 g/mol. The molecule has 0 aliphatic carbocycles. The number of amides is 1. The Hall–Kier alpha value is -2.49. The van der Waals surface area contributed by atoms with Crippen LogP contribution in [0.5, 0.6) is 11.5 Å². The van der Waals surface area contributed by atoms with Crippen molar-refractivity contribution in [2.24, 2.45) is 0 Å². The predicted molar refractivity (Wildman–Crippen MR) is 76.4 cm³/mol. The van der Waals surface area contributed by atoms with Gasteiger partial charge >= 0.3 is 0 Å². The maximum atomic E-state index is 11.1. The van der Waals surface area contributed by atoms with E-state index in [2.05, 4.69) is 5.32 Å². The fourth-order valence-electron chi connectivity index (χ4n) is 1.69. The molecule has 1 amide bonds. The molecule has 2 rings (SSSR count). The van der Waals surface area contributed by atoms with Gasteiger partial charge in [-0.15, -0.1) is 0 Å². The van der Waals surface area contributed by atoms with Crippen LogP contribution >= 0.6 is 0 Å². The number of nitrogens with two attached hydrogens (primary N) is 1. The maximum Gasteiger partial charge on any atom is 0.221 e. The number of aryl methyl sites for hydroxylation is 1. The molecule has 0 aromatic heterocycles. The van der Waals surface area contributed by atoms with Gasteiger partial charge in [0.25, 0.3) is 0 Å². The number of carbonyl (C=O) groups is 1. The molecule has 0 spiro atoms. The number of nitrogen functional groups attached to an aromatic ring is 1. The summed E-state index contributed by atoms with van der Waals surface area (Å²) in [5.41, 5.74) is 7.89. The zero-order chi connectivity index (χ0) is 13.8. The highest BCUT2D eigenvalue weighted by Crippen LogP contribution is 2.29. The van der Waals surface area contributed by atoms with Gasteiger partial charge in [0.2, 0.25) is 5.91 Å². The number of carbonyl (C=O) groups excluding carboxylic acids is 1. The van der Waals surface area contributed by atoms with Crippen molar-refractivity contribution in [2.45, 2.75) is 13.8 Å². The van der Waals surface area contributed by atoms with Crippen molar-refractivity contribution in [2.75, 3.05) is 11.1 Å². The second-order valence-electron chi connectivity index (χ2n) is 4.30. The van der Waals surface area contributed by atoms with E-state index in [9.17, 15) is 4.79 Å². The fourth-order valence-corrected chi connectivity index (χ4v) is 1.69. The summed E-state index contributed by atoms with van der Waals surface area (Å²) in [6.45, 7) is 3.41. The van der Waals surface area contributed by atoms with Gasteiger partial charge in [0.05, 0.1) is 11.4 Å². The van der Waals surface area contributed by atoms with Crippen molar-refractivity contribution in [3.63, 3.8) is 0 Å². The molecule has 0 bridgehead atoms. The van der Waals surface area contributed by atoms with Crippen molar-refractivity contribution >= 4 is 17.3 Å². The zero-order valence-electron chi connectivity index (χ0n) is 10.9. The summed E-state index contributed by atoms with van der Waals surface area (Å²) >= 11 is 0. The summed E-state index contributed by atoms with van der Waals surface area (Å²) in [7, 11) is 0. The Bertz CT molecular complexity index is 609. The molecule has 2 aromatic carbocycles. The lowest BCUT2D eigenvalue weighted by Gasteiger charge is -2.11. The molecule has 0 unspecified atom stereocenters. The maximum absolute atomic E-state index is 11.1. The first-order valence-corrected chi connectivity index (χ1v) is 5.97. The van der Waals surface area contributed by atoms with Gasteiger partial charge in [0, 0.05) is 13.0 Å². The van der Waals surface area contributed by atoms with Crippen molar-refractivity contribution in [3.05, 3.63) is 48.0 Å². The van der Waals surface area contributed by atoms with E-state index in [0.29, 0.717) is 17.1 Å². The second-order valence-corrected chi connectivity index (χ2v) is 4.30. The van der Waals surface area contributed by atoms with Gasteiger partial charge in [0.1, 0.15) is 11.5 Å². The van der Waals surface area contributed by atoms with Crippen LogP contribution in [-0.4, -0.2) is 5.91 Å². The normalized spacial score (nSPS) is 10.0. The summed E-state index contributed by atoms with van der Waals surface area (Å²) in [6.07, 6.45) is 0. The Morgan fingerprint density at radius 3 is 2.63 bits per heavy atom. The standard InChI is InChI=1S/C15H16N2O2/c1-10-5-3-4-6-15(10)19-12-7-8-13(16)14(9-12)17-11(2)18/h3-9H,16H2,1-2H3,(H,17,18). The molecular formula is C15H16N2O2. The smallest absolute Gasteiger partial charge is 0.221 e. The van der Waals surface area contributed by atoms with Gasteiger partial charge in [-0.1, -0.05) is 18.2 Å². The van der Waals surface area contributed by atoms with Crippen molar-refractivity contribution in [1.82, 2.24) is 0 Å². The van der Waals surface area contributed by atoms with Crippen molar-refractivity contribution in [1.29, 1.82) is 0 Å². The van der Waals surface area contributed by atoms with Crippen LogP contribution < -0.4 is 15.8 Å². The summed E-state index contributed by atoms with van der Waals surface area (Å²) in [5.74, 6) is 1.24. The number of hydrogen-bond acceptors (Lipinski definition) is 3. The van der Waals surface area contributed by atoms with Crippen LogP contribution in [0.3, 0.4) is 0 Å². The minimum atomic E-state index is -0.167. The lowest BCUT2D eigenvalue weighted by molar-refractivity contribution is -0.114. The van der Waals surface area contributed by atoms with E-state index < -0.39 is 0 Å². The third-order valence-corrected chi connectivity index (χ3v) is 2.66. The molecule has 0 atom stereocenters. The summed E-state index contributed by atoms with van der Waals surface area (Å²) < 4.78 is 5.78. The number of anilines is 2. The average Bonchev–Trinajstić information content (AvgIpc) is 2.35. The summed E-state index contributed by atoms with van der Waals surface area (Å²) in [5, 5.41) is 2.67. The molecule has 3 N–H and O–H groups in total. The van der Waals surface area contributed by atoms with Crippen LogP contribution in [0.15, 0.2) is 42.5 Å². The van der Waals surface area contributed by atoms with E-state index in [-0.39, 0.29) is 5.91 Å². The number of hydrogen-bond donors (Lipinski definition) is 2. The first-order chi connectivity index (χ1) is 9.06. The molecule has 0 fully saturated rings. The van der Waals surface area contributed by atoms with Crippen LogP contribution in [0.2, 0.25) is 0 Å². The molecule has 0 heterocycles. The molecule has 4 heteroatoms. The molecule has 4 nitrogen and oxygen atoms in total. The largest absolute Gasteiger partial charge is 0.457 e. The van der Waals surface area contributed by atoms with Crippen LogP contribution in [0.4, 0.5) is 11.4 Å². The highest BCUT2D eigenvalue weighted by Gasteiger charge is 2.05. The summed E-state index contributed by atoms with van der Waals surface area (Å²) in [4.78, 5) is 11.1. The van der Waals surface area contributed by atoms with Gasteiger partial charge in [-0.2, -0.15) is 0 Å². The van der Waals surface area contributed by atoms with Gasteiger partial charge < -0.3 is 15.8 Å². The number of rotatable bonds is 3. The van der Waals surface area contributed by atoms with E-state index >= 15 is 0 Å². The van der Waals surface area contributed by atoms with Gasteiger partial charge in [-0.3, -0.25) is 4.79 Å². The Balaban J connectivity index is 2.26. The Kier molecular flexibility index (Phi) is 3.71. The topological polar surface area (TPSA) is 64.3 Å². The zero-order valence-corrected chi connectivity index (χ0v) is 10.9. The highest BCUT2D eigenvalue weighted by molar-refractivity contribution is 5.92. The Morgan fingerprint density at radius 2 is 1.95 bits per heavy atom. The molecule has 0 saturated heterocycles. The number of ether oxygens (including phenoxy) is 1. The quantitative estimate of drug-likeness (QED) is 0.828. The van der Waals surface area contributed by atoms with Gasteiger partial charge in [-0.05, 0) is 30.7 Å². The third-order valence-electron chi connectivity index (χ3n) is 2.66. The van der Waals surface area contributed by atoms with E-state index in [1.807, 2.05) is 31.2 Å². The molecule has 2 aromatic rings. The fraction of sp³-hybridized carbons (Fsp3) is 0.133. The van der Waals surface area contributed by atoms with E-state index in [0.717, 1.165) is 11.3 Å². The molecule has 0 saturated carbocycles. The molecule has 0 radical (unpaired) electrons. The molecule has 0 aliphatic heterocycles. The van der Waals surface area contributed by atoms with Crippen molar-refractivity contribution < 1.29 is 9.53 Å². The Labute approximate surface area is 112 Å². The van der Waals surface area contributed by atoms with E-state index in [1.165, 1.54) is 6.92 Å². The molecule has 19 heavy (non-hydrogen) atoms. The number of para-hydroxylation sites is 1. The van der Waals surface area contributed by atoms with Gasteiger partial charge in [-0.25, -0.2) is 0 Å². The van der Waals surface area contributed by atoms with E-state index in [1.54, 1.807) is 18.2 Å². The first-order valence-electron chi connectivity index (χ1n) is 5.97.